The van der Waals surface area contributed by atoms with Crippen molar-refractivity contribution in [3.63, 3.8) is 0 Å². The fraction of sp³-hybridized carbons (Fsp3) is 0.440. The molecule has 1 amide bonds. The number of morpholine rings is 1. The van der Waals surface area contributed by atoms with Gasteiger partial charge >= 0.3 is 0 Å². The fourth-order valence-electron chi connectivity index (χ4n) is 4.55. The Morgan fingerprint density at radius 2 is 1.94 bits per heavy atom. The number of nitrogens with one attached hydrogen (secondary N) is 1. The average Bonchev–Trinajstić information content (AvgIpc) is 2.88. The van der Waals surface area contributed by atoms with Gasteiger partial charge in [-0.1, -0.05) is 24.3 Å². The zero-order valence-electron chi connectivity index (χ0n) is 19.4. The summed E-state index contributed by atoms with van der Waals surface area (Å²) in [4.78, 5) is 27.2. The van der Waals surface area contributed by atoms with Crippen LogP contribution in [0.2, 0.25) is 0 Å². The molecule has 180 valence electrons. The largest absolute Gasteiger partial charge is 0.473 e. The molecular formula is C25H31N5O3S. The van der Waals surface area contributed by atoms with Crippen LogP contribution in [-0.4, -0.2) is 71.3 Å². The number of fused-ring (bicyclic) bond motifs is 1. The summed E-state index contributed by atoms with van der Waals surface area (Å²) >= 11 is 0. The lowest BCUT2D eigenvalue weighted by Gasteiger charge is -2.32. The standard InChI is InChI=1S/C25H29N5O3.H2S/c1-17(31)30-12-13-32-21(15-30)16-33-25-24-23(27-10-11-28-24)14-22(29-25)20-4-2-18(3-5-20)19-6-8-26-9-7-19;/h2-5,10-11,14,19,21,26H,6-9,12-13,15-16H2,1H3;1H2/t21-;/m0./s1. The summed E-state index contributed by atoms with van der Waals surface area (Å²) in [5.41, 5.74) is 4.54. The highest BCUT2D eigenvalue weighted by atomic mass is 32.1. The number of piperidine rings is 1. The minimum Gasteiger partial charge on any atom is -0.473 e. The Kier molecular flexibility index (Phi) is 7.97. The van der Waals surface area contributed by atoms with Crippen molar-refractivity contribution < 1.29 is 14.3 Å². The predicted octanol–water partition coefficient (Wildman–Crippen LogP) is 2.90. The van der Waals surface area contributed by atoms with Crippen molar-refractivity contribution in [3.8, 4) is 17.1 Å². The third-order valence-electron chi connectivity index (χ3n) is 6.43. The molecule has 2 fully saturated rings. The first-order valence-corrected chi connectivity index (χ1v) is 11.6. The number of hydrogen-bond acceptors (Lipinski definition) is 7. The Bertz CT molecular complexity index is 1120. The number of nitrogens with zero attached hydrogens (tertiary/aromatic N) is 4. The highest BCUT2D eigenvalue weighted by molar-refractivity contribution is 7.59. The number of ether oxygens (including phenoxy) is 2. The summed E-state index contributed by atoms with van der Waals surface area (Å²) < 4.78 is 11.9. The van der Waals surface area contributed by atoms with Gasteiger partial charge in [0.15, 0.2) is 5.52 Å². The Hall–Kier alpha value is -2.75. The molecule has 0 radical (unpaired) electrons. The van der Waals surface area contributed by atoms with Crippen LogP contribution in [0.1, 0.15) is 31.2 Å². The van der Waals surface area contributed by atoms with Crippen molar-refractivity contribution in [2.45, 2.75) is 31.8 Å². The Balaban J connectivity index is 0.00000274. The van der Waals surface area contributed by atoms with Crippen molar-refractivity contribution in [2.24, 2.45) is 0 Å². The number of rotatable bonds is 5. The number of amides is 1. The van der Waals surface area contributed by atoms with Crippen LogP contribution in [0.15, 0.2) is 42.7 Å². The van der Waals surface area contributed by atoms with E-state index in [1.54, 1.807) is 24.2 Å². The summed E-state index contributed by atoms with van der Waals surface area (Å²) in [6.07, 6.45) is 5.45. The van der Waals surface area contributed by atoms with Gasteiger partial charge in [-0.05, 0) is 43.5 Å². The van der Waals surface area contributed by atoms with E-state index in [2.05, 4.69) is 39.6 Å². The van der Waals surface area contributed by atoms with E-state index < -0.39 is 0 Å². The Labute approximate surface area is 206 Å². The molecule has 9 heteroatoms. The number of hydrogen-bond donors (Lipinski definition) is 1. The molecule has 3 aromatic rings. The number of carbonyl (C=O) groups excluding carboxylic acids is 1. The van der Waals surface area contributed by atoms with Gasteiger partial charge in [-0.25, -0.2) is 9.97 Å². The first-order chi connectivity index (χ1) is 16.2. The van der Waals surface area contributed by atoms with E-state index in [0.717, 1.165) is 29.9 Å². The Morgan fingerprint density at radius 3 is 2.71 bits per heavy atom. The van der Waals surface area contributed by atoms with Crippen molar-refractivity contribution in [3.05, 3.63) is 48.3 Å². The van der Waals surface area contributed by atoms with Crippen LogP contribution < -0.4 is 10.1 Å². The minimum atomic E-state index is -0.205. The maximum Gasteiger partial charge on any atom is 0.242 e. The molecule has 2 aromatic heterocycles. The molecule has 0 unspecified atom stereocenters. The zero-order chi connectivity index (χ0) is 22.6. The third kappa shape index (κ3) is 5.48. The molecule has 1 atom stereocenters. The van der Waals surface area contributed by atoms with Crippen LogP contribution in [0, 0.1) is 0 Å². The average molecular weight is 482 g/mol. The van der Waals surface area contributed by atoms with Crippen LogP contribution in [0.3, 0.4) is 0 Å². The van der Waals surface area contributed by atoms with Gasteiger partial charge in [0.2, 0.25) is 11.8 Å². The van der Waals surface area contributed by atoms with Gasteiger partial charge in [0.25, 0.3) is 0 Å². The molecule has 0 saturated carbocycles. The van der Waals surface area contributed by atoms with Gasteiger partial charge in [-0.3, -0.25) is 9.78 Å². The lowest BCUT2D eigenvalue weighted by atomic mass is 9.89. The summed E-state index contributed by atoms with van der Waals surface area (Å²) in [7, 11) is 0. The van der Waals surface area contributed by atoms with Gasteiger partial charge in [0.05, 0.1) is 24.4 Å². The third-order valence-corrected chi connectivity index (χ3v) is 6.43. The number of carbonyl (C=O) groups is 1. The van der Waals surface area contributed by atoms with Crippen LogP contribution in [0.25, 0.3) is 22.3 Å². The predicted molar refractivity (Wildman–Crippen MR) is 135 cm³/mol. The maximum atomic E-state index is 11.7. The monoisotopic (exact) mass is 481 g/mol. The van der Waals surface area contributed by atoms with Gasteiger partial charge < -0.3 is 19.7 Å². The lowest BCUT2D eigenvalue weighted by molar-refractivity contribution is -0.137. The van der Waals surface area contributed by atoms with Crippen molar-refractivity contribution in [1.29, 1.82) is 0 Å². The van der Waals surface area contributed by atoms with E-state index in [1.165, 1.54) is 18.4 Å². The van der Waals surface area contributed by atoms with E-state index in [4.69, 9.17) is 14.5 Å². The minimum absolute atomic E-state index is 0. The van der Waals surface area contributed by atoms with Gasteiger partial charge in [0, 0.05) is 31.4 Å². The molecule has 4 heterocycles. The van der Waals surface area contributed by atoms with Crippen molar-refractivity contribution >= 4 is 30.4 Å². The van der Waals surface area contributed by atoms with Crippen LogP contribution in [-0.2, 0) is 9.53 Å². The van der Waals surface area contributed by atoms with Crippen molar-refractivity contribution in [1.82, 2.24) is 25.2 Å². The number of benzene rings is 1. The van der Waals surface area contributed by atoms with Crippen molar-refractivity contribution in [2.75, 3.05) is 39.4 Å². The molecule has 1 N–H and O–H groups in total. The summed E-state index contributed by atoms with van der Waals surface area (Å²) in [6, 6.07) is 10.6. The first kappa shape index (κ1) is 24.4. The van der Waals surface area contributed by atoms with E-state index in [-0.39, 0.29) is 25.5 Å². The molecule has 0 spiro atoms. The number of aromatic nitrogens is 3. The second-order valence-corrected chi connectivity index (χ2v) is 8.65. The lowest BCUT2D eigenvalue weighted by Crippen LogP contribution is -2.46. The topological polar surface area (TPSA) is 89.5 Å². The quantitative estimate of drug-likeness (QED) is 0.599. The normalized spacial score (nSPS) is 19.0. The molecule has 1 aromatic carbocycles. The molecule has 0 aliphatic carbocycles. The van der Waals surface area contributed by atoms with E-state index in [9.17, 15) is 4.79 Å². The molecule has 5 rings (SSSR count). The first-order valence-electron chi connectivity index (χ1n) is 11.6. The molecule has 2 aliphatic heterocycles. The SMILES string of the molecule is CC(=O)N1CCO[C@H](COc2nc(-c3ccc(C4CCNCC4)cc3)cc3nccnc23)C1.S. The molecular weight excluding hydrogens is 450 g/mol. The van der Waals surface area contributed by atoms with Gasteiger partial charge in [0.1, 0.15) is 12.7 Å². The smallest absolute Gasteiger partial charge is 0.242 e. The van der Waals surface area contributed by atoms with Crippen LogP contribution in [0.4, 0.5) is 0 Å². The van der Waals surface area contributed by atoms with Crippen LogP contribution in [0.5, 0.6) is 5.88 Å². The summed E-state index contributed by atoms with van der Waals surface area (Å²) in [5, 5.41) is 3.42. The molecule has 0 bridgehead atoms. The van der Waals surface area contributed by atoms with E-state index in [0.29, 0.717) is 43.6 Å². The molecule has 34 heavy (non-hydrogen) atoms. The van der Waals surface area contributed by atoms with Gasteiger partial charge in [-0.2, -0.15) is 13.5 Å². The second kappa shape index (κ2) is 11.1. The van der Waals surface area contributed by atoms with Gasteiger partial charge in [-0.15, -0.1) is 0 Å². The summed E-state index contributed by atoms with van der Waals surface area (Å²) in [6.45, 7) is 5.65. The second-order valence-electron chi connectivity index (χ2n) is 8.65. The highest BCUT2D eigenvalue weighted by Crippen LogP contribution is 2.30. The number of pyridine rings is 1. The maximum absolute atomic E-state index is 11.7. The molecule has 2 aliphatic rings. The Morgan fingerprint density at radius 1 is 1.18 bits per heavy atom. The summed E-state index contributed by atoms with van der Waals surface area (Å²) in [5.74, 6) is 1.09. The van der Waals surface area contributed by atoms with E-state index >= 15 is 0 Å². The van der Waals surface area contributed by atoms with Crippen LogP contribution >= 0.6 is 13.5 Å². The highest BCUT2D eigenvalue weighted by Gasteiger charge is 2.23. The zero-order valence-corrected chi connectivity index (χ0v) is 20.4. The molecule has 2 saturated heterocycles. The van der Waals surface area contributed by atoms with E-state index in [1.807, 2.05) is 6.07 Å². The molecule has 8 nitrogen and oxygen atoms in total. The fourth-order valence-corrected chi connectivity index (χ4v) is 4.55.